The smallest absolute Gasteiger partial charge is 0.410 e. The summed E-state index contributed by atoms with van der Waals surface area (Å²) < 4.78 is 16.4. The number of carbonyl (C=O) groups is 1. The van der Waals surface area contributed by atoms with Crippen molar-refractivity contribution in [2.24, 2.45) is 0 Å². The van der Waals surface area contributed by atoms with E-state index in [0.29, 0.717) is 31.2 Å². The number of carbonyl (C=O) groups excluding carboxylic acids is 1. The molecular weight excluding hydrogens is 308 g/mol. The summed E-state index contributed by atoms with van der Waals surface area (Å²) in [5, 5.41) is 0. The van der Waals surface area contributed by atoms with Gasteiger partial charge in [-0.25, -0.2) is 4.79 Å². The third-order valence-electron chi connectivity index (χ3n) is 3.90. The monoisotopic (exact) mass is 336 g/mol. The summed E-state index contributed by atoms with van der Waals surface area (Å²) in [6.45, 7) is 7.31. The standard InChI is InChI=1S/C18H28N2O4/c1-18(2,3)24-17(21)20(15-7-9-23-10-8-15)12-13-11-14(19)5-6-16(13)22-4/h5-6,11,15H,7-10,12,19H2,1-4H3. The molecule has 0 unspecified atom stereocenters. The molecule has 0 saturated carbocycles. The Morgan fingerprint density at radius 3 is 2.58 bits per heavy atom. The van der Waals surface area contributed by atoms with Crippen molar-refractivity contribution in [3.63, 3.8) is 0 Å². The first-order chi connectivity index (χ1) is 11.3. The molecule has 24 heavy (non-hydrogen) atoms. The lowest BCUT2D eigenvalue weighted by atomic mass is 10.1. The first-order valence-corrected chi connectivity index (χ1v) is 8.30. The average molecular weight is 336 g/mol. The zero-order valence-electron chi connectivity index (χ0n) is 15.0. The summed E-state index contributed by atoms with van der Waals surface area (Å²) in [5.41, 5.74) is 6.87. The maximum Gasteiger partial charge on any atom is 0.410 e. The van der Waals surface area contributed by atoms with Gasteiger partial charge in [0.1, 0.15) is 11.4 Å². The number of benzene rings is 1. The highest BCUT2D eigenvalue weighted by atomic mass is 16.6. The Morgan fingerprint density at radius 2 is 2.00 bits per heavy atom. The zero-order valence-corrected chi connectivity index (χ0v) is 15.0. The molecule has 0 aliphatic carbocycles. The number of methoxy groups -OCH3 is 1. The number of rotatable bonds is 4. The van der Waals surface area contributed by atoms with Gasteiger partial charge in [-0.2, -0.15) is 0 Å². The number of nitrogens with zero attached hydrogens (tertiary/aromatic N) is 1. The minimum Gasteiger partial charge on any atom is -0.496 e. The van der Waals surface area contributed by atoms with Gasteiger partial charge in [-0.15, -0.1) is 0 Å². The second-order valence-corrected chi connectivity index (χ2v) is 7.02. The first-order valence-electron chi connectivity index (χ1n) is 8.30. The van der Waals surface area contributed by atoms with Crippen LogP contribution in [0.3, 0.4) is 0 Å². The van der Waals surface area contributed by atoms with Crippen LogP contribution in [0.5, 0.6) is 5.75 Å². The van der Waals surface area contributed by atoms with Gasteiger partial charge < -0.3 is 24.8 Å². The van der Waals surface area contributed by atoms with Crippen LogP contribution in [0, 0.1) is 0 Å². The molecule has 2 rings (SSSR count). The van der Waals surface area contributed by atoms with E-state index >= 15 is 0 Å². The van der Waals surface area contributed by atoms with Gasteiger partial charge in [-0.1, -0.05) is 0 Å². The molecule has 1 aliphatic heterocycles. The van der Waals surface area contributed by atoms with E-state index in [0.717, 1.165) is 18.4 Å². The normalized spacial score (nSPS) is 15.8. The maximum absolute atomic E-state index is 12.7. The van der Waals surface area contributed by atoms with E-state index in [2.05, 4.69) is 0 Å². The van der Waals surface area contributed by atoms with Crippen LogP contribution in [0.15, 0.2) is 18.2 Å². The largest absolute Gasteiger partial charge is 0.496 e. The first kappa shape index (κ1) is 18.4. The van der Waals surface area contributed by atoms with E-state index in [1.807, 2.05) is 32.9 Å². The van der Waals surface area contributed by atoms with E-state index in [1.54, 1.807) is 18.1 Å². The highest BCUT2D eigenvalue weighted by Gasteiger charge is 2.30. The van der Waals surface area contributed by atoms with Gasteiger partial charge in [0.25, 0.3) is 0 Å². The van der Waals surface area contributed by atoms with Crippen LogP contribution in [-0.4, -0.2) is 43.0 Å². The van der Waals surface area contributed by atoms with Crippen molar-refractivity contribution in [2.75, 3.05) is 26.1 Å². The molecule has 1 fully saturated rings. The van der Waals surface area contributed by atoms with Crippen LogP contribution in [0.4, 0.5) is 10.5 Å². The van der Waals surface area contributed by atoms with E-state index < -0.39 is 5.60 Å². The van der Waals surface area contributed by atoms with Crippen molar-refractivity contribution in [1.29, 1.82) is 0 Å². The van der Waals surface area contributed by atoms with Crippen molar-refractivity contribution < 1.29 is 19.0 Å². The van der Waals surface area contributed by atoms with Gasteiger partial charge in [0.05, 0.1) is 13.7 Å². The number of ether oxygens (including phenoxy) is 3. The van der Waals surface area contributed by atoms with Crippen LogP contribution >= 0.6 is 0 Å². The molecule has 6 heteroatoms. The molecule has 1 aromatic rings. The summed E-state index contributed by atoms with van der Waals surface area (Å²) >= 11 is 0. The highest BCUT2D eigenvalue weighted by molar-refractivity contribution is 5.69. The number of nitrogen functional groups attached to an aromatic ring is 1. The summed E-state index contributed by atoms with van der Waals surface area (Å²) in [5.74, 6) is 0.713. The predicted molar refractivity (Wildman–Crippen MR) is 93.0 cm³/mol. The fourth-order valence-electron chi connectivity index (χ4n) is 2.77. The fourth-order valence-corrected chi connectivity index (χ4v) is 2.77. The summed E-state index contributed by atoms with van der Waals surface area (Å²) in [7, 11) is 1.61. The SMILES string of the molecule is COc1ccc(N)cc1CN(C(=O)OC(C)(C)C)C1CCOCC1. The molecule has 0 radical (unpaired) electrons. The van der Waals surface area contributed by atoms with Crippen molar-refractivity contribution in [2.45, 2.75) is 51.8 Å². The van der Waals surface area contributed by atoms with Crippen molar-refractivity contribution in [3.8, 4) is 5.75 Å². The molecule has 1 heterocycles. The number of anilines is 1. The minimum absolute atomic E-state index is 0.0831. The van der Waals surface area contributed by atoms with E-state index in [1.165, 1.54) is 0 Å². The topological polar surface area (TPSA) is 74.0 Å². The summed E-state index contributed by atoms with van der Waals surface area (Å²) in [6, 6.07) is 5.53. The molecule has 1 aromatic carbocycles. The van der Waals surface area contributed by atoms with Crippen LogP contribution < -0.4 is 10.5 Å². The second-order valence-electron chi connectivity index (χ2n) is 7.02. The van der Waals surface area contributed by atoms with Crippen LogP contribution in [-0.2, 0) is 16.0 Å². The highest BCUT2D eigenvalue weighted by Crippen LogP contribution is 2.26. The van der Waals surface area contributed by atoms with E-state index in [4.69, 9.17) is 19.9 Å². The Hall–Kier alpha value is -1.95. The molecular formula is C18H28N2O4. The lowest BCUT2D eigenvalue weighted by Crippen LogP contribution is -2.45. The Bertz CT molecular complexity index is 563. The van der Waals surface area contributed by atoms with Gasteiger partial charge >= 0.3 is 6.09 Å². The fraction of sp³-hybridized carbons (Fsp3) is 0.611. The molecule has 134 valence electrons. The van der Waals surface area contributed by atoms with Crippen LogP contribution in [0.1, 0.15) is 39.2 Å². The molecule has 1 aliphatic rings. The Labute approximate surface area is 143 Å². The molecule has 0 bridgehead atoms. The minimum atomic E-state index is -0.541. The van der Waals surface area contributed by atoms with Gasteiger partial charge in [-0.05, 0) is 51.8 Å². The van der Waals surface area contributed by atoms with Gasteiger partial charge in [-0.3, -0.25) is 0 Å². The Morgan fingerprint density at radius 1 is 1.33 bits per heavy atom. The van der Waals surface area contributed by atoms with E-state index in [-0.39, 0.29) is 12.1 Å². The third-order valence-corrected chi connectivity index (χ3v) is 3.90. The van der Waals surface area contributed by atoms with Gasteiger partial charge in [0.2, 0.25) is 0 Å². The molecule has 0 aromatic heterocycles. The number of hydrogen-bond acceptors (Lipinski definition) is 5. The molecule has 1 saturated heterocycles. The van der Waals surface area contributed by atoms with Crippen molar-refractivity contribution in [3.05, 3.63) is 23.8 Å². The summed E-state index contributed by atoms with van der Waals surface area (Å²) in [6.07, 6.45) is 1.27. The molecule has 6 nitrogen and oxygen atoms in total. The zero-order chi connectivity index (χ0) is 17.7. The third kappa shape index (κ3) is 5.03. The second kappa shape index (κ2) is 7.75. The van der Waals surface area contributed by atoms with Crippen molar-refractivity contribution >= 4 is 11.8 Å². The maximum atomic E-state index is 12.7. The molecule has 1 amide bonds. The van der Waals surface area contributed by atoms with E-state index in [9.17, 15) is 4.79 Å². The lowest BCUT2D eigenvalue weighted by Gasteiger charge is -2.35. The molecule has 0 atom stereocenters. The number of amides is 1. The number of nitrogens with two attached hydrogens (primary N) is 1. The quantitative estimate of drug-likeness (QED) is 0.855. The molecule has 0 spiro atoms. The Kier molecular flexibility index (Phi) is 5.94. The summed E-state index contributed by atoms with van der Waals surface area (Å²) in [4.78, 5) is 14.5. The molecule has 2 N–H and O–H groups in total. The van der Waals surface area contributed by atoms with Crippen LogP contribution in [0.25, 0.3) is 0 Å². The average Bonchev–Trinajstić information content (AvgIpc) is 2.52. The van der Waals surface area contributed by atoms with Gasteiger partial charge in [0, 0.05) is 30.5 Å². The lowest BCUT2D eigenvalue weighted by molar-refractivity contribution is -0.00821. The Balaban J connectivity index is 2.25. The van der Waals surface area contributed by atoms with Crippen molar-refractivity contribution in [1.82, 2.24) is 4.90 Å². The van der Waals surface area contributed by atoms with Gasteiger partial charge in [0.15, 0.2) is 0 Å². The predicted octanol–water partition coefficient (Wildman–Crippen LogP) is 3.19. The van der Waals surface area contributed by atoms with Crippen LogP contribution in [0.2, 0.25) is 0 Å². The number of hydrogen-bond donors (Lipinski definition) is 1.